The SMILES string of the molecule is C=CCOC(=O)NCc1ccccc1-c1ccc([C@@H]2O[C@H](CSc3ncccc3C(=O)O)C[C@H](c3ccc(CO)cc3)O2)cc1. The Balaban J connectivity index is 1.34. The van der Waals surface area contributed by atoms with Crippen LogP contribution in [0.4, 0.5) is 4.79 Å². The number of nitrogens with one attached hydrogen (secondary N) is 1. The van der Waals surface area contributed by atoms with E-state index in [1.54, 1.807) is 18.3 Å². The Bertz CT molecular complexity index is 1610. The molecule has 1 fully saturated rings. The molecule has 9 nitrogen and oxygen atoms in total. The Morgan fingerprint density at radius 2 is 1.76 bits per heavy atom. The lowest BCUT2D eigenvalue weighted by Crippen LogP contribution is -2.31. The van der Waals surface area contributed by atoms with Crippen LogP contribution < -0.4 is 5.32 Å². The van der Waals surface area contributed by atoms with E-state index in [-0.39, 0.29) is 31.0 Å². The average molecular weight is 627 g/mol. The zero-order valence-corrected chi connectivity index (χ0v) is 25.3. The second-order valence-electron chi connectivity index (χ2n) is 10.3. The fraction of sp³-hybridized carbons (Fsp3) is 0.229. The second-order valence-corrected chi connectivity index (χ2v) is 11.4. The van der Waals surface area contributed by atoms with Gasteiger partial charge in [0.25, 0.3) is 0 Å². The summed E-state index contributed by atoms with van der Waals surface area (Å²) in [5.41, 5.74) is 5.63. The molecular weight excluding hydrogens is 592 g/mol. The molecule has 4 aromatic rings. The number of alkyl carbamates (subject to hydrolysis) is 1. The van der Waals surface area contributed by atoms with Crippen LogP contribution in [0, 0.1) is 0 Å². The number of benzene rings is 3. The van der Waals surface area contributed by atoms with Gasteiger partial charge >= 0.3 is 12.1 Å². The van der Waals surface area contributed by atoms with Crippen molar-refractivity contribution >= 4 is 23.8 Å². The van der Waals surface area contributed by atoms with Crippen LogP contribution in [0.15, 0.2) is 109 Å². The van der Waals surface area contributed by atoms with E-state index in [1.807, 2.05) is 72.8 Å². The smallest absolute Gasteiger partial charge is 0.407 e. The highest BCUT2D eigenvalue weighted by molar-refractivity contribution is 7.99. The second kappa shape index (κ2) is 15.5. The van der Waals surface area contributed by atoms with Crippen LogP contribution in [-0.2, 0) is 27.4 Å². The van der Waals surface area contributed by atoms with Crippen LogP contribution in [0.3, 0.4) is 0 Å². The Labute approximate surface area is 265 Å². The first-order valence-electron chi connectivity index (χ1n) is 14.5. The van der Waals surface area contributed by atoms with Crippen molar-refractivity contribution in [2.24, 2.45) is 0 Å². The molecule has 1 saturated heterocycles. The molecule has 0 saturated carbocycles. The number of ether oxygens (including phenoxy) is 3. The molecule has 3 atom stereocenters. The largest absolute Gasteiger partial charge is 0.478 e. The number of pyridine rings is 1. The summed E-state index contributed by atoms with van der Waals surface area (Å²) in [5.74, 6) is -0.543. The molecule has 0 bridgehead atoms. The van der Waals surface area contributed by atoms with E-state index >= 15 is 0 Å². The molecule has 1 aliphatic rings. The van der Waals surface area contributed by atoms with Crippen LogP contribution >= 0.6 is 11.8 Å². The molecule has 2 heterocycles. The highest BCUT2D eigenvalue weighted by Crippen LogP contribution is 2.40. The average Bonchev–Trinajstić information content (AvgIpc) is 3.09. The number of aromatic nitrogens is 1. The molecule has 0 aliphatic carbocycles. The summed E-state index contributed by atoms with van der Waals surface area (Å²) >= 11 is 1.35. The van der Waals surface area contributed by atoms with Crippen LogP contribution in [0.1, 0.15) is 51.4 Å². The van der Waals surface area contributed by atoms with E-state index in [4.69, 9.17) is 14.2 Å². The fourth-order valence-corrected chi connectivity index (χ4v) is 6.00. The summed E-state index contributed by atoms with van der Waals surface area (Å²) in [6.45, 7) is 3.95. The number of aliphatic hydroxyl groups excluding tert-OH is 1. The van der Waals surface area contributed by atoms with Crippen molar-refractivity contribution in [2.75, 3.05) is 12.4 Å². The molecule has 1 amide bonds. The Hall–Kier alpha value is -4.48. The van der Waals surface area contributed by atoms with Crippen molar-refractivity contribution in [2.45, 2.75) is 43.1 Å². The van der Waals surface area contributed by atoms with Crippen LogP contribution in [0.5, 0.6) is 0 Å². The number of rotatable bonds is 12. The fourth-order valence-electron chi connectivity index (χ4n) is 4.99. The van der Waals surface area contributed by atoms with Gasteiger partial charge in [-0.05, 0) is 39.9 Å². The first-order chi connectivity index (χ1) is 21.9. The summed E-state index contributed by atoms with van der Waals surface area (Å²) in [4.78, 5) is 27.9. The van der Waals surface area contributed by atoms with E-state index in [0.717, 1.165) is 33.4 Å². The maximum atomic E-state index is 12.0. The van der Waals surface area contributed by atoms with Crippen molar-refractivity contribution in [3.63, 3.8) is 0 Å². The molecule has 3 aromatic carbocycles. The molecule has 5 rings (SSSR count). The molecule has 45 heavy (non-hydrogen) atoms. The lowest BCUT2D eigenvalue weighted by molar-refractivity contribution is -0.245. The summed E-state index contributed by atoms with van der Waals surface area (Å²) < 4.78 is 17.9. The summed E-state index contributed by atoms with van der Waals surface area (Å²) in [7, 11) is 0. The molecule has 1 aliphatic heterocycles. The van der Waals surface area contributed by atoms with Gasteiger partial charge in [0.15, 0.2) is 6.29 Å². The van der Waals surface area contributed by atoms with Crippen LogP contribution in [0.25, 0.3) is 11.1 Å². The lowest BCUT2D eigenvalue weighted by atomic mass is 9.98. The monoisotopic (exact) mass is 626 g/mol. The van der Waals surface area contributed by atoms with Crippen molar-refractivity contribution in [3.8, 4) is 11.1 Å². The van der Waals surface area contributed by atoms with Gasteiger partial charge in [0.1, 0.15) is 11.6 Å². The molecule has 10 heteroatoms. The van der Waals surface area contributed by atoms with E-state index in [0.29, 0.717) is 23.7 Å². The highest BCUT2D eigenvalue weighted by atomic mass is 32.2. The topological polar surface area (TPSA) is 127 Å². The molecule has 0 spiro atoms. The Morgan fingerprint density at radius 3 is 2.49 bits per heavy atom. The number of aliphatic hydroxyl groups is 1. The zero-order chi connectivity index (χ0) is 31.6. The highest BCUT2D eigenvalue weighted by Gasteiger charge is 2.32. The third-order valence-corrected chi connectivity index (χ3v) is 8.43. The predicted molar refractivity (Wildman–Crippen MR) is 171 cm³/mol. The van der Waals surface area contributed by atoms with E-state index in [1.165, 1.54) is 17.8 Å². The summed E-state index contributed by atoms with van der Waals surface area (Å²) in [6, 6.07) is 26.5. The lowest BCUT2D eigenvalue weighted by Gasteiger charge is -2.36. The number of hydrogen-bond donors (Lipinski definition) is 3. The van der Waals surface area contributed by atoms with Gasteiger partial charge in [-0.25, -0.2) is 14.6 Å². The van der Waals surface area contributed by atoms with Crippen molar-refractivity contribution < 1.29 is 34.0 Å². The quantitative estimate of drug-likeness (QED) is 0.116. The number of nitrogens with zero attached hydrogens (tertiary/aromatic N) is 1. The first kappa shape index (κ1) is 31.9. The minimum absolute atomic E-state index is 0.0439. The van der Waals surface area contributed by atoms with E-state index in [9.17, 15) is 19.8 Å². The number of carbonyl (C=O) groups is 2. The first-order valence-corrected chi connectivity index (χ1v) is 15.4. The van der Waals surface area contributed by atoms with Crippen molar-refractivity contribution in [1.82, 2.24) is 10.3 Å². The molecule has 0 radical (unpaired) electrons. The number of carboxylic acids is 1. The number of amides is 1. The molecule has 0 unspecified atom stereocenters. The number of hydrogen-bond acceptors (Lipinski definition) is 8. The molecule has 232 valence electrons. The minimum atomic E-state index is -1.02. The maximum Gasteiger partial charge on any atom is 0.407 e. The normalized spacial score (nSPS) is 17.8. The van der Waals surface area contributed by atoms with E-state index < -0.39 is 18.4 Å². The standard InChI is InChI=1S/C35H34N2O7S/c1-2-18-42-35(41)37-20-27-6-3-4-7-29(27)24-13-15-26(16-14-24)34-43-28(22-45-32-30(33(39)40)8-5-17-36-32)19-31(44-34)25-11-9-23(21-38)10-12-25/h2-17,28,31,34,38H,1,18-22H2,(H,37,41)(H,39,40)/t28-,31+,34+/m0/s1. The number of carbonyl (C=O) groups excluding carboxylic acids is 1. The van der Waals surface area contributed by atoms with Gasteiger partial charge in [-0.15, -0.1) is 11.8 Å². The van der Waals surface area contributed by atoms with Gasteiger partial charge in [-0.3, -0.25) is 0 Å². The number of aromatic carboxylic acids is 1. The van der Waals surface area contributed by atoms with E-state index in [2.05, 4.69) is 16.9 Å². The van der Waals surface area contributed by atoms with Gasteiger partial charge in [-0.2, -0.15) is 0 Å². The third kappa shape index (κ3) is 8.37. The van der Waals surface area contributed by atoms with Crippen LogP contribution in [-0.4, -0.2) is 45.7 Å². The number of carboxylic acid groups (broad SMARTS) is 1. The van der Waals surface area contributed by atoms with Gasteiger partial charge in [-0.1, -0.05) is 85.5 Å². The Kier molecular flexibility index (Phi) is 11.0. The Morgan fingerprint density at radius 1 is 1.00 bits per heavy atom. The minimum Gasteiger partial charge on any atom is -0.478 e. The maximum absolute atomic E-state index is 12.0. The van der Waals surface area contributed by atoms with Crippen molar-refractivity contribution in [1.29, 1.82) is 0 Å². The summed E-state index contributed by atoms with van der Waals surface area (Å²) in [5, 5.41) is 22.3. The van der Waals surface area contributed by atoms with Gasteiger partial charge in [0, 0.05) is 30.5 Å². The number of thioether (sulfide) groups is 1. The molecule has 3 N–H and O–H groups in total. The van der Waals surface area contributed by atoms with Gasteiger partial charge in [0.05, 0.1) is 24.4 Å². The molecular formula is C35H34N2O7S. The third-order valence-electron chi connectivity index (χ3n) is 7.29. The zero-order valence-electron chi connectivity index (χ0n) is 24.5. The summed E-state index contributed by atoms with van der Waals surface area (Å²) in [6.07, 6.45) is 1.94. The molecule has 1 aromatic heterocycles. The van der Waals surface area contributed by atoms with Gasteiger partial charge < -0.3 is 29.7 Å². The van der Waals surface area contributed by atoms with Gasteiger partial charge in [0.2, 0.25) is 0 Å². The predicted octanol–water partition coefficient (Wildman–Crippen LogP) is 6.69. The van der Waals surface area contributed by atoms with Crippen LogP contribution in [0.2, 0.25) is 0 Å². The van der Waals surface area contributed by atoms with Crippen molar-refractivity contribution in [3.05, 3.63) is 132 Å².